The Labute approximate surface area is 207 Å². The summed E-state index contributed by atoms with van der Waals surface area (Å²) in [5, 5.41) is 45.0. The van der Waals surface area contributed by atoms with Crippen LogP contribution in [0.3, 0.4) is 0 Å². The van der Waals surface area contributed by atoms with Crippen molar-refractivity contribution in [2.45, 2.75) is 44.0 Å². The first kappa shape index (κ1) is 28.1. The highest BCUT2D eigenvalue weighted by atomic mass is 16.4. The fraction of sp³-hybridized carbons (Fsp3) is 0.333. The van der Waals surface area contributed by atoms with Gasteiger partial charge >= 0.3 is 5.97 Å². The van der Waals surface area contributed by atoms with E-state index in [1.54, 1.807) is 0 Å². The highest BCUT2D eigenvalue weighted by Crippen LogP contribution is 2.13. The molecule has 2 aromatic carbocycles. The molecule has 0 spiro atoms. The van der Waals surface area contributed by atoms with Crippen molar-refractivity contribution in [3.63, 3.8) is 0 Å². The van der Waals surface area contributed by atoms with Crippen LogP contribution in [-0.2, 0) is 32.0 Å². The molecule has 0 radical (unpaired) electrons. The summed E-state index contributed by atoms with van der Waals surface area (Å²) in [4.78, 5) is 49.1. The van der Waals surface area contributed by atoms with Crippen LogP contribution in [0.5, 0.6) is 11.5 Å². The fourth-order valence-electron chi connectivity index (χ4n) is 3.17. The Balaban J connectivity index is 2.13. The molecule has 0 bridgehead atoms. The Bertz CT molecular complexity index is 1060. The number of phenolic OH excluding ortho intramolecular Hbond substituents is 2. The SMILES string of the molecule is CC(O)C(N)C(=O)NCC(=O)NC(Cc1ccc(O)cc1)C(=O)NC(Cc1ccc(O)cc1)C(=O)O. The monoisotopic (exact) mass is 502 g/mol. The zero-order valence-corrected chi connectivity index (χ0v) is 19.5. The molecule has 0 heterocycles. The van der Waals surface area contributed by atoms with E-state index >= 15 is 0 Å². The number of nitrogens with one attached hydrogen (secondary N) is 3. The lowest BCUT2D eigenvalue weighted by Gasteiger charge is -2.22. The third kappa shape index (κ3) is 8.89. The number of carboxylic acid groups (broad SMARTS) is 1. The molecule has 0 saturated carbocycles. The number of carbonyl (C=O) groups excluding carboxylic acids is 3. The van der Waals surface area contributed by atoms with Gasteiger partial charge in [0.05, 0.1) is 12.6 Å². The molecule has 0 aliphatic heterocycles. The minimum Gasteiger partial charge on any atom is -0.508 e. The molecule has 2 aromatic rings. The molecule has 36 heavy (non-hydrogen) atoms. The van der Waals surface area contributed by atoms with Crippen LogP contribution in [0.4, 0.5) is 0 Å². The van der Waals surface area contributed by atoms with Crippen molar-refractivity contribution >= 4 is 23.7 Å². The van der Waals surface area contributed by atoms with Crippen LogP contribution in [0.1, 0.15) is 18.1 Å². The van der Waals surface area contributed by atoms with E-state index < -0.39 is 54.5 Å². The molecule has 0 aliphatic rings. The lowest BCUT2D eigenvalue weighted by molar-refractivity contribution is -0.142. The number of aliphatic carboxylic acids is 1. The number of nitrogens with two attached hydrogens (primary N) is 1. The van der Waals surface area contributed by atoms with E-state index in [1.165, 1.54) is 55.5 Å². The maximum atomic E-state index is 13.0. The van der Waals surface area contributed by atoms with Gasteiger partial charge in [-0.25, -0.2) is 4.79 Å². The minimum absolute atomic E-state index is 0.000731. The molecule has 0 fully saturated rings. The third-order valence-corrected chi connectivity index (χ3v) is 5.26. The van der Waals surface area contributed by atoms with Gasteiger partial charge in [-0.3, -0.25) is 14.4 Å². The second-order valence-corrected chi connectivity index (χ2v) is 8.24. The summed E-state index contributed by atoms with van der Waals surface area (Å²) < 4.78 is 0. The molecule has 3 amide bonds. The first-order valence-corrected chi connectivity index (χ1v) is 11.1. The van der Waals surface area contributed by atoms with E-state index in [0.717, 1.165) is 0 Å². The summed E-state index contributed by atoms with van der Waals surface area (Å²) in [7, 11) is 0. The predicted molar refractivity (Wildman–Crippen MR) is 128 cm³/mol. The van der Waals surface area contributed by atoms with Gasteiger partial charge in [-0.2, -0.15) is 0 Å². The quantitative estimate of drug-likeness (QED) is 0.174. The van der Waals surface area contributed by atoms with Crippen LogP contribution in [-0.4, -0.2) is 74.9 Å². The van der Waals surface area contributed by atoms with E-state index in [4.69, 9.17) is 5.73 Å². The number of aliphatic hydroxyl groups excluding tert-OH is 1. The number of rotatable bonds is 12. The van der Waals surface area contributed by atoms with Crippen LogP contribution >= 0.6 is 0 Å². The first-order valence-electron chi connectivity index (χ1n) is 11.1. The largest absolute Gasteiger partial charge is 0.508 e. The Hall–Kier alpha value is -4.16. The van der Waals surface area contributed by atoms with Gasteiger partial charge in [0.15, 0.2) is 0 Å². The van der Waals surface area contributed by atoms with Crippen molar-refractivity contribution in [3.05, 3.63) is 59.7 Å². The lowest BCUT2D eigenvalue weighted by Crippen LogP contribution is -2.55. The minimum atomic E-state index is -1.33. The van der Waals surface area contributed by atoms with Gasteiger partial charge < -0.3 is 42.1 Å². The standard InChI is InChI=1S/C24H30N4O8/c1-13(29)21(25)23(34)26-12-20(32)27-18(10-14-2-6-16(30)7-3-14)22(33)28-19(24(35)36)11-15-4-8-17(31)9-5-15/h2-9,13,18-19,21,29-31H,10-12,25H2,1H3,(H,26,34)(H,27,32)(H,28,33)(H,35,36). The maximum Gasteiger partial charge on any atom is 0.326 e. The molecular formula is C24H30N4O8. The van der Waals surface area contributed by atoms with Crippen molar-refractivity contribution in [1.82, 2.24) is 16.0 Å². The van der Waals surface area contributed by atoms with E-state index in [-0.39, 0.29) is 24.3 Å². The molecule has 0 saturated heterocycles. The summed E-state index contributed by atoms with van der Waals surface area (Å²) in [5.41, 5.74) is 6.64. The Kier molecular flexibility index (Phi) is 10.2. The van der Waals surface area contributed by atoms with Crippen LogP contribution in [0.2, 0.25) is 0 Å². The van der Waals surface area contributed by atoms with Gasteiger partial charge in [0.2, 0.25) is 17.7 Å². The number of phenols is 2. The second kappa shape index (κ2) is 13.1. The summed E-state index contributed by atoms with van der Waals surface area (Å²) in [6.45, 7) is 0.786. The number of hydrogen-bond donors (Lipinski definition) is 8. The molecular weight excluding hydrogens is 472 g/mol. The van der Waals surface area contributed by atoms with E-state index in [1.807, 2.05) is 0 Å². The number of hydrogen-bond acceptors (Lipinski definition) is 8. The average molecular weight is 503 g/mol. The Morgan fingerprint density at radius 3 is 1.72 bits per heavy atom. The number of benzene rings is 2. The van der Waals surface area contributed by atoms with E-state index in [0.29, 0.717) is 11.1 Å². The van der Waals surface area contributed by atoms with Crippen LogP contribution in [0.15, 0.2) is 48.5 Å². The predicted octanol–water partition coefficient (Wildman–Crippen LogP) is -1.24. The van der Waals surface area contributed by atoms with E-state index in [2.05, 4.69) is 16.0 Å². The molecule has 0 aliphatic carbocycles. The molecule has 0 aromatic heterocycles. The van der Waals surface area contributed by atoms with Crippen molar-refractivity contribution in [2.75, 3.05) is 6.54 Å². The van der Waals surface area contributed by atoms with Crippen molar-refractivity contribution in [2.24, 2.45) is 5.73 Å². The molecule has 12 heteroatoms. The van der Waals surface area contributed by atoms with Gasteiger partial charge in [-0.15, -0.1) is 0 Å². The molecule has 9 N–H and O–H groups in total. The van der Waals surface area contributed by atoms with Crippen LogP contribution < -0.4 is 21.7 Å². The fourth-order valence-corrected chi connectivity index (χ4v) is 3.17. The van der Waals surface area contributed by atoms with Crippen LogP contribution in [0.25, 0.3) is 0 Å². The normalized spacial score (nSPS) is 14.1. The number of amides is 3. The Morgan fingerprint density at radius 1 is 0.806 bits per heavy atom. The summed E-state index contributed by atoms with van der Waals surface area (Å²) in [6, 6.07) is 7.90. The smallest absolute Gasteiger partial charge is 0.326 e. The average Bonchev–Trinajstić information content (AvgIpc) is 2.83. The van der Waals surface area contributed by atoms with Gasteiger partial charge in [0, 0.05) is 12.8 Å². The summed E-state index contributed by atoms with van der Waals surface area (Å²) in [5.74, 6) is -3.58. The topological polar surface area (TPSA) is 211 Å². The van der Waals surface area contributed by atoms with Crippen molar-refractivity contribution in [3.8, 4) is 11.5 Å². The third-order valence-electron chi connectivity index (χ3n) is 5.26. The number of carbonyl (C=O) groups is 4. The molecule has 12 nitrogen and oxygen atoms in total. The molecule has 4 atom stereocenters. The van der Waals surface area contributed by atoms with Gasteiger partial charge in [-0.05, 0) is 42.3 Å². The second-order valence-electron chi connectivity index (χ2n) is 8.24. The maximum absolute atomic E-state index is 13.0. The Morgan fingerprint density at radius 2 is 1.28 bits per heavy atom. The van der Waals surface area contributed by atoms with E-state index in [9.17, 15) is 39.6 Å². The number of aromatic hydroxyl groups is 2. The highest BCUT2D eigenvalue weighted by molar-refractivity contribution is 5.92. The number of aliphatic hydroxyl groups is 1. The molecule has 4 unspecified atom stereocenters. The number of carboxylic acids is 1. The molecule has 2 rings (SSSR count). The molecule has 194 valence electrons. The van der Waals surface area contributed by atoms with Crippen molar-refractivity contribution in [1.29, 1.82) is 0 Å². The zero-order chi connectivity index (χ0) is 26.8. The highest BCUT2D eigenvalue weighted by Gasteiger charge is 2.27. The summed E-state index contributed by atoms with van der Waals surface area (Å²) in [6.07, 6.45) is -1.25. The van der Waals surface area contributed by atoms with Gasteiger partial charge in [0.25, 0.3) is 0 Å². The van der Waals surface area contributed by atoms with Gasteiger partial charge in [0.1, 0.15) is 29.6 Å². The lowest BCUT2D eigenvalue weighted by atomic mass is 10.0. The van der Waals surface area contributed by atoms with Crippen LogP contribution in [0, 0.1) is 0 Å². The zero-order valence-electron chi connectivity index (χ0n) is 19.5. The van der Waals surface area contributed by atoms with Crippen molar-refractivity contribution < 1.29 is 39.6 Å². The summed E-state index contributed by atoms with van der Waals surface area (Å²) >= 11 is 0. The first-order chi connectivity index (χ1) is 17.0. The van der Waals surface area contributed by atoms with Gasteiger partial charge in [-0.1, -0.05) is 24.3 Å².